The first-order chi connectivity index (χ1) is 32.9. The first-order valence-corrected chi connectivity index (χ1v) is 22.4. The monoisotopic (exact) mass is 860 g/mol. The van der Waals surface area contributed by atoms with Crippen LogP contribution >= 0.6 is 0 Å². The molecule has 4 nitrogen and oxygen atoms in total. The van der Waals surface area contributed by atoms with Crippen molar-refractivity contribution < 1.29 is 10.2 Å². The Morgan fingerprint density at radius 3 is 1.19 bits per heavy atom. The van der Waals surface area contributed by atoms with E-state index >= 15 is 0 Å². The predicted molar refractivity (Wildman–Crippen MR) is 276 cm³/mol. The molecule has 0 bridgehead atoms. The molecule has 0 spiro atoms. The number of fused-ring (bicyclic) bond motifs is 3. The van der Waals surface area contributed by atoms with Gasteiger partial charge >= 0.3 is 0 Å². The van der Waals surface area contributed by atoms with Crippen LogP contribution in [0.4, 0.5) is 11.4 Å². The molecule has 0 saturated carbocycles. The Hall–Kier alpha value is -9.04. The summed E-state index contributed by atoms with van der Waals surface area (Å²) in [7, 11) is 0. The molecule has 0 radical (unpaired) electrons. The fourth-order valence-electron chi connectivity index (χ4n) is 9.98. The lowest BCUT2D eigenvalue weighted by molar-refractivity contribution is 0.479. The molecule has 0 aliphatic heterocycles. The lowest BCUT2D eigenvalue weighted by Crippen LogP contribution is -2.30. The molecular weight excluding hydrogens is 817 g/mol. The van der Waals surface area contributed by atoms with Gasteiger partial charge < -0.3 is 21.7 Å². The molecular formula is C63H44N2O2. The van der Waals surface area contributed by atoms with Gasteiger partial charge in [0.2, 0.25) is 0 Å². The molecule has 10 aromatic carbocycles. The van der Waals surface area contributed by atoms with Gasteiger partial charge in [-0.05, 0) is 139 Å². The van der Waals surface area contributed by atoms with Crippen molar-refractivity contribution in [1.82, 2.24) is 0 Å². The highest BCUT2D eigenvalue weighted by atomic mass is 16.3. The van der Waals surface area contributed by atoms with Crippen LogP contribution in [-0.4, -0.2) is 10.2 Å². The normalized spacial score (nSPS) is 12.1. The Bertz CT molecular complexity index is 3430. The predicted octanol–water partition coefficient (Wildman–Crippen LogP) is 14.4. The number of phenols is 2. The number of benzene rings is 10. The maximum Gasteiger partial charge on any atom is 0.146 e. The minimum absolute atomic E-state index is 0.00773. The van der Waals surface area contributed by atoms with Gasteiger partial charge in [0.15, 0.2) is 0 Å². The van der Waals surface area contributed by atoms with Gasteiger partial charge in [-0.2, -0.15) is 0 Å². The molecule has 67 heavy (non-hydrogen) atoms. The Kier molecular flexibility index (Phi) is 10.2. The van der Waals surface area contributed by atoms with Gasteiger partial charge in [-0.15, -0.1) is 0 Å². The summed E-state index contributed by atoms with van der Waals surface area (Å²) in [6, 6.07) is 78.2. The molecule has 318 valence electrons. The molecule has 11 rings (SSSR count). The van der Waals surface area contributed by atoms with Crippen molar-refractivity contribution in [2.24, 2.45) is 0 Å². The van der Waals surface area contributed by atoms with Crippen LogP contribution in [-0.2, 0) is 5.41 Å². The van der Waals surface area contributed by atoms with Crippen LogP contribution < -0.4 is 11.5 Å². The number of hydrogen-bond acceptors (Lipinski definition) is 4. The van der Waals surface area contributed by atoms with Crippen LogP contribution in [0.15, 0.2) is 231 Å². The smallest absolute Gasteiger partial charge is 0.146 e. The first-order valence-electron chi connectivity index (χ1n) is 22.4. The zero-order valence-corrected chi connectivity index (χ0v) is 36.5. The third-order valence-electron chi connectivity index (χ3n) is 13.1. The third kappa shape index (κ3) is 7.07. The van der Waals surface area contributed by atoms with Crippen LogP contribution in [0.5, 0.6) is 11.5 Å². The molecule has 0 aromatic heterocycles. The van der Waals surface area contributed by atoms with Crippen LogP contribution in [0.25, 0.3) is 66.8 Å². The largest absolute Gasteiger partial charge is 0.505 e. The van der Waals surface area contributed by atoms with Crippen molar-refractivity contribution in [3.63, 3.8) is 0 Å². The molecule has 1 aliphatic rings. The maximum atomic E-state index is 11.9. The maximum absolute atomic E-state index is 11.9. The quantitative estimate of drug-likeness (QED) is 0.0730. The average molecular weight is 861 g/mol. The summed E-state index contributed by atoms with van der Waals surface area (Å²) in [5, 5.41) is 23.8. The molecule has 6 N–H and O–H groups in total. The van der Waals surface area contributed by atoms with Gasteiger partial charge in [-0.25, -0.2) is 0 Å². The number of hydrogen-bond donors (Lipinski definition) is 4. The molecule has 0 atom stereocenters. The second-order valence-electron chi connectivity index (χ2n) is 17.0. The van der Waals surface area contributed by atoms with Gasteiger partial charge in [0.1, 0.15) is 11.5 Å². The van der Waals surface area contributed by atoms with Gasteiger partial charge in [-0.3, -0.25) is 0 Å². The highest BCUT2D eigenvalue weighted by molar-refractivity contribution is 5.98. The van der Waals surface area contributed by atoms with Crippen molar-refractivity contribution in [1.29, 1.82) is 0 Å². The van der Waals surface area contributed by atoms with Crippen molar-refractivity contribution in [2.75, 3.05) is 11.5 Å². The number of aromatic hydroxyl groups is 2. The lowest BCUT2D eigenvalue weighted by Gasteiger charge is -2.36. The number of nitrogens with two attached hydrogens (primary N) is 2. The van der Waals surface area contributed by atoms with E-state index in [2.05, 4.69) is 121 Å². The van der Waals surface area contributed by atoms with E-state index in [9.17, 15) is 10.2 Å². The fourth-order valence-corrected chi connectivity index (χ4v) is 9.98. The van der Waals surface area contributed by atoms with E-state index < -0.39 is 5.41 Å². The molecule has 0 fully saturated rings. The van der Waals surface area contributed by atoms with Crippen molar-refractivity contribution in [3.8, 4) is 90.1 Å². The number of phenolic OH excluding ortho intramolecular Hbond substituents is 2. The van der Waals surface area contributed by atoms with Gasteiger partial charge in [0.05, 0.1) is 16.8 Å². The van der Waals surface area contributed by atoms with Crippen molar-refractivity contribution in [3.05, 3.63) is 264 Å². The summed E-state index contributed by atoms with van der Waals surface area (Å²) < 4.78 is 0. The average Bonchev–Trinajstić information content (AvgIpc) is 3.68. The molecule has 0 saturated heterocycles. The summed E-state index contributed by atoms with van der Waals surface area (Å²) in [5.41, 5.74) is 29.6. The standard InChI is InChI=1S/C63H44N2O2/c64-58-37-49(35-53(61(58)66)45-27-15-5-16-28-45)63(50-36-54(62(67)59(65)38-50)46-29-17-6-18-30-46)57-40-52(44-25-13-4-14-26-44)51(43-23-11-3-12-24-43)39-55(57)56-34-48(42-21-9-2-10-22-42)33-47(60(56)63)32-31-41-19-7-1-8-20-41/h1-30,33-40,66-67H,64-65H2. The molecule has 0 heterocycles. The minimum atomic E-state index is -1.20. The second kappa shape index (κ2) is 16.8. The summed E-state index contributed by atoms with van der Waals surface area (Å²) in [6.07, 6.45) is 0. The summed E-state index contributed by atoms with van der Waals surface area (Å²) in [5.74, 6) is 7.26. The number of rotatable bonds is 7. The van der Waals surface area contributed by atoms with Crippen LogP contribution in [0.3, 0.4) is 0 Å². The van der Waals surface area contributed by atoms with Gasteiger partial charge in [0, 0.05) is 22.3 Å². The third-order valence-corrected chi connectivity index (χ3v) is 13.1. The molecule has 10 aromatic rings. The van der Waals surface area contributed by atoms with E-state index in [4.69, 9.17) is 11.5 Å². The summed E-state index contributed by atoms with van der Waals surface area (Å²) in [4.78, 5) is 0. The van der Waals surface area contributed by atoms with Gasteiger partial charge in [0.25, 0.3) is 0 Å². The summed E-state index contributed by atoms with van der Waals surface area (Å²) in [6.45, 7) is 0. The van der Waals surface area contributed by atoms with Crippen LogP contribution in [0.1, 0.15) is 33.4 Å². The Morgan fingerprint density at radius 1 is 0.328 bits per heavy atom. The van der Waals surface area contributed by atoms with E-state index in [1.54, 1.807) is 0 Å². The Morgan fingerprint density at radius 2 is 0.731 bits per heavy atom. The Balaban J connectivity index is 1.37. The second-order valence-corrected chi connectivity index (χ2v) is 17.0. The summed E-state index contributed by atoms with van der Waals surface area (Å²) >= 11 is 0. The molecule has 4 heteroatoms. The van der Waals surface area contributed by atoms with E-state index in [0.29, 0.717) is 11.1 Å². The van der Waals surface area contributed by atoms with E-state index in [0.717, 1.165) is 89.0 Å². The van der Waals surface area contributed by atoms with E-state index in [-0.39, 0.29) is 22.9 Å². The fraction of sp³-hybridized carbons (Fsp3) is 0.0159. The number of anilines is 2. The molecule has 0 unspecified atom stereocenters. The first kappa shape index (κ1) is 40.7. The van der Waals surface area contributed by atoms with Crippen LogP contribution in [0, 0.1) is 11.8 Å². The zero-order chi connectivity index (χ0) is 45.5. The van der Waals surface area contributed by atoms with E-state index in [1.807, 2.05) is 121 Å². The highest BCUT2D eigenvalue weighted by Gasteiger charge is 2.49. The molecule has 1 aliphatic carbocycles. The minimum Gasteiger partial charge on any atom is -0.505 e. The lowest BCUT2D eigenvalue weighted by atomic mass is 9.65. The van der Waals surface area contributed by atoms with Crippen molar-refractivity contribution in [2.45, 2.75) is 5.41 Å². The zero-order valence-electron chi connectivity index (χ0n) is 36.5. The SMILES string of the molecule is Nc1cc(C2(c3cc(N)c(O)c(-c4ccccc4)c3)c3cc(-c4ccccc4)c(-c4ccccc4)cc3-c3cc(-c4ccccc4)cc(C#Cc4ccccc4)c32)cc(-c2ccccc2)c1O. The highest BCUT2D eigenvalue weighted by Crippen LogP contribution is 2.61. The van der Waals surface area contributed by atoms with Crippen LogP contribution in [0.2, 0.25) is 0 Å². The van der Waals surface area contributed by atoms with Crippen molar-refractivity contribution >= 4 is 11.4 Å². The Labute approximate surface area is 390 Å². The topological polar surface area (TPSA) is 92.5 Å². The number of nitrogen functional groups attached to an aromatic ring is 2. The van der Waals surface area contributed by atoms with E-state index in [1.165, 1.54) is 0 Å². The van der Waals surface area contributed by atoms with Gasteiger partial charge in [-0.1, -0.05) is 182 Å². The molecule has 0 amide bonds.